The Hall–Kier alpha value is -2.12. The standard InChI is InChI=1S/C23H36N4O3/c1-24-23(25-13-7-15-29-20-10-3-2-4-11-20)26-17-18-8-5-9-19(16-18)27-22(28)21-12-6-14-30-21/h5,8-9,16,20-21H,2-4,6-7,10-15,17H2,1H3,(H,27,28)(H2,24,25,26). The van der Waals surface area contributed by atoms with Gasteiger partial charge >= 0.3 is 0 Å². The van der Waals surface area contributed by atoms with E-state index in [-0.39, 0.29) is 12.0 Å². The summed E-state index contributed by atoms with van der Waals surface area (Å²) in [5.74, 6) is 0.701. The summed E-state index contributed by atoms with van der Waals surface area (Å²) in [6.45, 7) is 2.91. The highest BCUT2D eigenvalue weighted by Gasteiger charge is 2.23. The minimum absolute atomic E-state index is 0.0643. The molecule has 3 rings (SSSR count). The highest BCUT2D eigenvalue weighted by Crippen LogP contribution is 2.20. The number of guanidine groups is 1. The van der Waals surface area contributed by atoms with E-state index in [1.54, 1.807) is 7.05 Å². The van der Waals surface area contributed by atoms with Gasteiger partial charge in [-0.05, 0) is 49.8 Å². The molecule has 1 aromatic carbocycles. The van der Waals surface area contributed by atoms with Crippen LogP contribution in [0.1, 0.15) is 56.9 Å². The van der Waals surface area contributed by atoms with Crippen LogP contribution < -0.4 is 16.0 Å². The summed E-state index contributed by atoms with van der Waals surface area (Å²) in [6, 6.07) is 7.85. The third-order valence-electron chi connectivity index (χ3n) is 5.62. The van der Waals surface area contributed by atoms with Gasteiger partial charge in [0.25, 0.3) is 5.91 Å². The molecule has 7 nitrogen and oxygen atoms in total. The number of ether oxygens (including phenoxy) is 2. The molecule has 1 atom stereocenters. The van der Waals surface area contributed by atoms with Crippen LogP contribution in [-0.4, -0.2) is 50.9 Å². The summed E-state index contributed by atoms with van der Waals surface area (Å²) in [7, 11) is 1.77. The van der Waals surface area contributed by atoms with Crippen molar-refractivity contribution in [3.8, 4) is 0 Å². The molecule has 1 aromatic rings. The van der Waals surface area contributed by atoms with E-state index in [0.29, 0.717) is 19.3 Å². The van der Waals surface area contributed by atoms with Gasteiger partial charge in [-0.3, -0.25) is 9.79 Å². The van der Waals surface area contributed by atoms with Crippen molar-refractivity contribution in [1.82, 2.24) is 10.6 Å². The molecule has 1 aliphatic carbocycles. The third kappa shape index (κ3) is 7.61. The Morgan fingerprint density at radius 2 is 2.03 bits per heavy atom. The van der Waals surface area contributed by atoms with E-state index in [1.807, 2.05) is 24.3 Å². The van der Waals surface area contributed by atoms with Crippen molar-refractivity contribution in [3.05, 3.63) is 29.8 Å². The maximum absolute atomic E-state index is 12.2. The minimum Gasteiger partial charge on any atom is -0.378 e. The Bertz CT molecular complexity index is 683. The molecule has 166 valence electrons. The van der Waals surface area contributed by atoms with E-state index in [2.05, 4.69) is 20.9 Å². The van der Waals surface area contributed by atoms with Gasteiger partial charge in [0.05, 0.1) is 6.10 Å². The Morgan fingerprint density at radius 1 is 1.17 bits per heavy atom. The van der Waals surface area contributed by atoms with Crippen molar-refractivity contribution in [3.63, 3.8) is 0 Å². The van der Waals surface area contributed by atoms with E-state index in [9.17, 15) is 4.79 Å². The van der Waals surface area contributed by atoms with Gasteiger partial charge < -0.3 is 25.4 Å². The first-order valence-electron chi connectivity index (χ1n) is 11.3. The Balaban J connectivity index is 1.34. The molecule has 30 heavy (non-hydrogen) atoms. The van der Waals surface area contributed by atoms with Crippen LogP contribution in [0.5, 0.6) is 0 Å². The molecule has 2 fully saturated rings. The molecular weight excluding hydrogens is 380 g/mol. The average molecular weight is 417 g/mol. The smallest absolute Gasteiger partial charge is 0.253 e. The second kappa shape index (κ2) is 12.5. The van der Waals surface area contributed by atoms with Gasteiger partial charge in [0, 0.05) is 39.0 Å². The summed E-state index contributed by atoms with van der Waals surface area (Å²) in [5.41, 5.74) is 1.86. The van der Waals surface area contributed by atoms with Crippen LogP contribution in [0.2, 0.25) is 0 Å². The van der Waals surface area contributed by atoms with Crippen LogP contribution in [0.4, 0.5) is 5.69 Å². The fourth-order valence-electron chi connectivity index (χ4n) is 3.93. The zero-order chi connectivity index (χ0) is 21.0. The van der Waals surface area contributed by atoms with Crippen LogP contribution >= 0.6 is 0 Å². The van der Waals surface area contributed by atoms with Crippen molar-refractivity contribution in [1.29, 1.82) is 0 Å². The zero-order valence-electron chi connectivity index (χ0n) is 18.1. The SMILES string of the molecule is CN=C(NCCCOC1CCCCC1)NCc1cccc(NC(=O)C2CCCO2)c1. The number of benzene rings is 1. The molecule has 1 aliphatic heterocycles. The van der Waals surface area contributed by atoms with Gasteiger partial charge in [-0.1, -0.05) is 31.4 Å². The van der Waals surface area contributed by atoms with Crippen molar-refractivity contribution in [2.24, 2.45) is 4.99 Å². The fourth-order valence-corrected chi connectivity index (χ4v) is 3.93. The van der Waals surface area contributed by atoms with E-state index in [0.717, 1.165) is 49.6 Å². The Kier molecular flexibility index (Phi) is 9.44. The lowest BCUT2D eigenvalue weighted by molar-refractivity contribution is -0.124. The van der Waals surface area contributed by atoms with Crippen molar-refractivity contribution < 1.29 is 14.3 Å². The number of hydrogen-bond donors (Lipinski definition) is 3. The lowest BCUT2D eigenvalue weighted by Gasteiger charge is -2.22. The zero-order valence-corrected chi connectivity index (χ0v) is 18.1. The highest BCUT2D eigenvalue weighted by molar-refractivity contribution is 5.94. The molecule has 0 aromatic heterocycles. The molecule has 3 N–H and O–H groups in total. The summed E-state index contributed by atoms with van der Waals surface area (Å²) >= 11 is 0. The minimum atomic E-state index is -0.322. The predicted octanol–water partition coefficient (Wildman–Crippen LogP) is 3.21. The lowest BCUT2D eigenvalue weighted by atomic mass is 9.98. The van der Waals surface area contributed by atoms with Gasteiger partial charge in [0.2, 0.25) is 0 Å². The number of hydrogen-bond acceptors (Lipinski definition) is 4. The number of nitrogens with zero attached hydrogens (tertiary/aromatic N) is 1. The normalized spacial score (nSPS) is 20.2. The number of anilines is 1. The number of amides is 1. The number of aliphatic imine (C=N–C) groups is 1. The molecule has 7 heteroatoms. The second-order valence-corrected chi connectivity index (χ2v) is 8.03. The van der Waals surface area contributed by atoms with E-state index < -0.39 is 0 Å². The van der Waals surface area contributed by atoms with Crippen LogP contribution in [-0.2, 0) is 20.8 Å². The second-order valence-electron chi connectivity index (χ2n) is 8.03. The van der Waals surface area contributed by atoms with Gasteiger partial charge in [0.15, 0.2) is 5.96 Å². The molecule has 1 saturated carbocycles. The van der Waals surface area contributed by atoms with Crippen molar-refractivity contribution >= 4 is 17.6 Å². The van der Waals surface area contributed by atoms with Crippen LogP contribution in [0.3, 0.4) is 0 Å². The number of carbonyl (C=O) groups is 1. The highest BCUT2D eigenvalue weighted by atomic mass is 16.5. The molecule has 1 unspecified atom stereocenters. The lowest BCUT2D eigenvalue weighted by Crippen LogP contribution is -2.37. The summed E-state index contributed by atoms with van der Waals surface area (Å²) in [6.07, 6.45) is 9.23. The Labute approximate surface area is 180 Å². The van der Waals surface area contributed by atoms with Crippen molar-refractivity contribution in [2.75, 3.05) is 32.1 Å². The fraction of sp³-hybridized carbons (Fsp3) is 0.652. The summed E-state index contributed by atoms with van der Waals surface area (Å²) in [5, 5.41) is 9.61. The van der Waals surface area contributed by atoms with Crippen LogP contribution in [0.15, 0.2) is 29.3 Å². The first kappa shape index (κ1) is 22.6. The van der Waals surface area contributed by atoms with Crippen molar-refractivity contribution in [2.45, 2.75) is 70.1 Å². The average Bonchev–Trinajstić information content (AvgIpc) is 3.32. The Morgan fingerprint density at radius 3 is 2.80 bits per heavy atom. The van der Waals surface area contributed by atoms with Gasteiger partial charge in [-0.25, -0.2) is 0 Å². The summed E-state index contributed by atoms with van der Waals surface area (Å²) in [4.78, 5) is 16.5. The molecular formula is C23H36N4O3. The van der Waals surface area contributed by atoms with E-state index in [1.165, 1.54) is 32.1 Å². The summed E-state index contributed by atoms with van der Waals surface area (Å²) < 4.78 is 11.4. The third-order valence-corrected chi connectivity index (χ3v) is 5.62. The molecule has 1 heterocycles. The molecule has 1 amide bonds. The van der Waals surface area contributed by atoms with Crippen LogP contribution in [0.25, 0.3) is 0 Å². The number of nitrogens with one attached hydrogen (secondary N) is 3. The van der Waals surface area contributed by atoms with Gasteiger partial charge in [-0.2, -0.15) is 0 Å². The van der Waals surface area contributed by atoms with E-state index in [4.69, 9.17) is 9.47 Å². The topological polar surface area (TPSA) is 84.0 Å². The molecule has 0 radical (unpaired) electrons. The number of carbonyl (C=O) groups excluding carboxylic acids is 1. The first-order valence-corrected chi connectivity index (χ1v) is 11.3. The molecule has 2 aliphatic rings. The van der Waals surface area contributed by atoms with Gasteiger partial charge in [0.1, 0.15) is 6.10 Å². The molecule has 1 saturated heterocycles. The maximum atomic E-state index is 12.2. The molecule has 0 spiro atoms. The first-order chi connectivity index (χ1) is 14.7. The predicted molar refractivity (Wildman–Crippen MR) is 120 cm³/mol. The quantitative estimate of drug-likeness (QED) is 0.327. The van der Waals surface area contributed by atoms with Gasteiger partial charge in [-0.15, -0.1) is 0 Å². The molecule has 0 bridgehead atoms. The monoisotopic (exact) mass is 416 g/mol. The van der Waals surface area contributed by atoms with E-state index >= 15 is 0 Å². The maximum Gasteiger partial charge on any atom is 0.253 e. The van der Waals surface area contributed by atoms with Crippen LogP contribution in [0, 0.1) is 0 Å². The largest absolute Gasteiger partial charge is 0.378 e. The number of rotatable bonds is 9.